The van der Waals surface area contributed by atoms with Gasteiger partial charge in [-0.1, -0.05) is 32.1 Å². The number of hydrogen-bond acceptors (Lipinski definition) is 1. The first-order valence-electron chi connectivity index (χ1n) is 6.41. The molecule has 1 rings (SSSR count). The van der Waals surface area contributed by atoms with E-state index in [1.54, 1.807) is 0 Å². The number of halogens is 2. The van der Waals surface area contributed by atoms with Crippen molar-refractivity contribution < 1.29 is 8.78 Å². The quantitative estimate of drug-likeness (QED) is 0.728. The van der Waals surface area contributed by atoms with Crippen LogP contribution >= 0.6 is 0 Å². The minimum atomic E-state index is -0.472. The van der Waals surface area contributed by atoms with E-state index in [0.29, 0.717) is 6.42 Å². The number of rotatable bonds is 7. The average Bonchev–Trinajstić information content (AvgIpc) is 2.34. The third-order valence-electron chi connectivity index (χ3n) is 3.04. The molecule has 0 spiro atoms. The highest BCUT2D eigenvalue weighted by Crippen LogP contribution is 2.17. The SMILES string of the molecule is C=C(CC)CC(Cc1c(F)cccc1F)NCC. The van der Waals surface area contributed by atoms with Crippen LogP contribution in [0.25, 0.3) is 0 Å². The van der Waals surface area contributed by atoms with Gasteiger partial charge in [0.15, 0.2) is 0 Å². The van der Waals surface area contributed by atoms with Crippen molar-refractivity contribution in [2.45, 2.75) is 39.2 Å². The van der Waals surface area contributed by atoms with Crippen molar-refractivity contribution in [2.24, 2.45) is 0 Å². The van der Waals surface area contributed by atoms with Crippen LogP contribution in [0.5, 0.6) is 0 Å². The van der Waals surface area contributed by atoms with E-state index in [0.717, 1.165) is 25.0 Å². The van der Waals surface area contributed by atoms with Gasteiger partial charge in [0, 0.05) is 11.6 Å². The van der Waals surface area contributed by atoms with Crippen LogP contribution in [0.4, 0.5) is 8.78 Å². The van der Waals surface area contributed by atoms with Crippen LogP contribution in [-0.2, 0) is 6.42 Å². The average molecular weight is 253 g/mol. The molecule has 0 heterocycles. The Labute approximate surface area is 108 Å². The molecule has 0 aromatic heterocycles. The van der Waals surface area contributed by atoms with Crippen LogP contribution in [0.15, 0.2) is 30.4 Å². The van der Waals surface area contributed by atoms with Gasteiger partial charge in [0.25, 0.3) is 0 Å². The Kier molecular flexibility index (Phi) is 5.99. The lowest BCUT2D eigenvalue weighted by molar-refractivity contribution is 0.481. The molecule has 1 aromatic carbocycles. The third kappa shape index (κ3) is 4.22. The van der Waals surface area contributed by atoms with Gasteiger partial charge in [-0.25, -0.2) is 8.78 Å². The first kappa shape index (κ1) is 14.8. The van der Waals surface area contributed by atoms with Crippen molar-refractivity contribution in [3.8, 4) is 0 Å². The topological polar surface area (TPSA) is 12.0 Å². The Bertz CT molecular complexity index is 381. The second-order valence-corrected chi connectivity index (χ2v) is 4.47. The van der Waals surface area contributed by atoms with Crippen molar-refractivity contribution in [2.75, 3.05) is 6.54 Å². The van der Waals surface area contributed by atoms with Crippen molar-refractivity contribution in [3.63, 3.8) is 0 Å². The van der Waals surface area contributed by atoms with Gasteiger partial charge in [0.2, 0.25) is 0 Å². The Hall–Kier alpha value is -1.22. The van der Waals surface area contributed by atoms with Crippen molar-refractivity contribution in [1.82, 2.24) is 5.32 Å². The van der Waals surface area contributed by atoms with Crippen molar-refractivity contribution in [1.29, 1.82) is 0 Å². The molecule has 0 saturated heterocycles. The molecule has 18 heavy (non-hydrogen) atoms. The molecule has 0 bridgehead atoms. The van der Waals surface area contributed by atoms with Crippen LogP contribution in [-0.4, -0.2) is 12.6 Å². The van der Waals surface area contributed by atoms with Crippen LogP contribution in [0, 0.1) is 11.6 Å². The molecule has 100 valence electrons. The zero-order chi connectivity index (χ0) is 13.5. The monoisotopic (exact) mass is 253 g/mol. The molecule has 0 aliphatic rings. The minimum Gasteiger partial charge on any atom is -0.314 e. The molecule has 1 atom stereocenters. The molecule has 1 aromatic rings. The van der Waals surface area contributed by atoms with E-state index in [2.05, 4.69) is 11.9 Å². The van der Waals surface area contributed by atoms with Crippen molar-refractivity contribution in [3.05, 3.63) is 47.5 Å². The number of nitrogens with one attached hydrogen (secondary N) is 1. The molecule has 0 aliphatic carbocycles. The highest BCUT2D eigenvalue weighted by molar-refractivity contribution is 5.21. The summed E-state index contributed by atoms with van der Waals surface area (Å²) in [6.07, 6.45) is 1.99. The Balaban J connectivity index is 2.79. The highest BCUT2D eigenvalue weighted by Gasteiger charge is 2.15. The fourth-order valence-corrected chi connectivity index (χ4v) is 1.97. The summed E-state index contributed by atoms with van der Waals surface area (Å²) >= 11 is 0. The molecule has 1 unspecified atom stereocenters. The summed E-state index contributed by atoms with van der Waals surface area (Å²) in [6.45, 7) is 8.75. The molecule has 0 aliphatic heterocycles. The maximum Gasteiger partial charge on any atom is 0.129 e. The van der Waals surface area contributed by atoms with Gasteiger partial charge in [0.05, 0.1) is 0 Å². The summed E-state index contributed by atoms with van der Waals surface area (Å²) in [6, 6.07) is 4.03. The summed E-state index contributed by atoms with van der Waals surface area (Å²) in [5.74, 6) is -0.944. The predicted octanol–water partition coefficient (Wildman–Crippen LogP) is 3.84. The summed E-state index contributed by atoms with van der Waals surface area (Å²) in [7, 11) is 0. The molecule has 0 saturated carbocycles. The van der Waals surface area contributed by atoms with Gasteiger partial charge in [-0.2, -0.15) is 0 Å². The number of benzene rings is 1. The predicted molar refractivity (Wildman–Crippen MR) is 71.6 cm³/mol. The lowest BCUT2D eigenvalue weighted by Crippen LogP contribution is -2.32. The van der Waals surface area contributed by atoms with E-state index >= 15 is 0 Å². The lowest BCUT2D eigenvalue weighted by atomic mass is 9.98. The van der Waals surface area contributed by atoms with Crippen LogP contribution in [0.2, 0.25) is 0 Å². The maximum atomic E-state index is 13.6. The summed E-state index contributed by atoms with van der Waals surface area (Å²) in [4.78, 5) is 0. The van der Waals surface area contributed by atoms with E-state index in [9.17, 15) is 8.78 Å². The third-order valence-corrected chi connectivity index (χ3v) is 3.04. The van der Waals surface area contributed by atoms with Gasteiger partial charge in [-0.15, -0.1) is 0 Å². The van der Waals surface area contributed by atoms with Crippen LogP contribution in [0.3, 0.4) is 0 Å². The van der Waals surface area contributed by atoms with Gasteiger partial charge < -0.3 is 5.32 Å². The molecular weight excluding hydrogens is 232 g/mol. The number of likely N-dealkylation sites (N-methyl/N-ethyl adjacent to an activating group) is 1. The van der Waals surface area contributed by atoms with Crippen LogP contribution in [0.1, 0.15) is 32.3 Å². The molecule has 0 amide bonds. The van der Waals surface area contributed by atoms with Gasteiger partial charge in [0.1, 0.15) is 11.6 Å². The second kappa shape index (κ2) is 7.27. The van der Waals surface area contributed by atoms with Gasteiger partial charge in [-0.3, -0.25) is 0 Å². The Morgan fingerprint density at radius 3 is 2.39 bits per heavy atom. The first-order valence-corrected chi connectivity index (χ1v) is 6.41. The van der Waals surface area contributed by atoms with E-state index in [4.69, 9.17) is 0 Å². The standard InChI is InChI=1S/C15H21F2N/c1-4-11(3)9-12(18-5-2)10-13-14(16)7-6-8-15(13)17/h6-8,12,18H,3-5,9-10H2,1-2H3. The van der Waals surface area contributed by atoms with E-state index in [1.807, 2.05) is 13.8 Å². The fourth-order valence-electron chi connectivity index (χ4n) is 1.97. The smallest absolute Gasteiger partial charge is 0.129 e. The summed E-state index contributed by atoms with van der Waals surface area (Å²) in [5, 5.41) is 3.26. The van der Waals surface area contributed by atoms with E-state index in [1.165, 1.54) is 18.2 Å². The molecule has 1 nitrogen and oxygen atoms in total. The first-order chi connectivity index (χ1) is 8.58. The molecular formula is C15H21F2N. The van der Waals surface area contributed by atoms with Crippen LogP contribution < -0.4 is 5.32 Å². The van der Waals surface area contributed by atoms with E-state index < -0.39 is 11.6 Å². The van der Waals surface area contributed by atoms with Gasteiger partial charge >= 0.3 is 0 Å². The normalized spacial score (nSPS) is 12.4. The number of hydrogen-bond donors (Lipinski definition) is 1. The largest absolute Gasteiger partial charge is 0.314 e. The zero-order valence-corrected chi connectivity index (χ0v) is 11.1. The summed E-state index contributed by atoms with van der Waals surface area (Å²) < 4.78 is 27.2. The highest BCUT2D eigenvalue weighted by atomic mass is 19.1. The lowest BCUT2D eigenvalue weighted by Gasteiger charge is -2.19. The van der Waals surface area contributed by atoms with Crippen molar-refractivity contribution >= 4 is 0 Å². The minimum absolute atomic E-state index is 0.0360. The second-order valence-electron chi connectivity index (χ2n) is 4.47. The molecule has 3 heteroatoms. The van der Waals surface area contributed by atoms with E-state index in [-0.39, 0.29) is 11.6 Å². The molecule has 1 N–H and O–H groups in total. The Morgan fingerprint density at radius 1 is 1.28 bits per heavy atom. The molecule has 0 fully saturated rings. The zero-order valence-electron chi connectivity index (χ0n) is 11.1. The Morgan fingerprint density at radius 2 is 1.89 bits per heavy atom. The van der Waals surface area contributed by atoms with Gasteiger partial charge in [-0.05, 0) is 37.9 Å². The maximum absolute atomic E-state index is 13.6. The molecule has 0 radical (unpaired) electrons. The fraction of sp³-hybridized carbons (Fsp3) is 0.467. The summed E-state index contributed by atoms with van der Waals surface area (Å²) in [5.41, 5.74) is 1.25.